The number of carbonyl (C=O) groups is 1. The second-order valence-electron chi connectivity index (χ2n) is 4.84. The summed E-state index contributed by atoms with van der Waals surface area (Å²) in [5, 5.41) is 10.9. The van der Waals surface area contributed by atoms with E-state index in [2.05, 4.69) is 0 Å². The van der Waals surface area contributed by atoms with E-state index in [0.29, 0.717) is 12.1 Å². The van der Waals surface area contributed by atoms with Crippen LogP contribution in [0, 0.1) is 10.1 Å². The van der Waals surface area contributed by atoms with E-state index in [-0.39, 0.29) is 30.1 Å². The van der Waals surface area contributed by atoms with Gasteiger partial charge in [0, 0.05) is 30.3 Å². The van der Waals surface area contributed by atoms with E-state index >= 15 is 0 Å². The molecule has 2 atom stereocenters. The zero-order valence-electron chi connectivity index (χ0n) is 10.8. The normalized spacial score (nSPS) is 22.5. The number of hydrogen-bond donors (Lipinski definition) is 1. The predicted molar refractivity (Wildman–Crippen MR) is 70.6 cm³/mol. The molecule has 0 radical (unpaired) electrons. The topological polar surface area (TPSA) is 89.5 Å². The van der Waals surface area contributed by atoms with Crippen LogP contribution in [0.2, 0.25) is 0 Å². The molecule has 1 aromatic rings. The van der Waals surface area contributed by atoms with Crippen molar-refractivity contribution < 1.29 is 9.72 Å². The van der Waals surface area contributed by atoms with E-state index in [4.69, 9.17) is 5.73 Å². The Kier molecular flexibility index (Phi) is 3.80. The lowest BCUT2D eigenvalue weighted by atomic mass is 10.1. The molecule has 6 heteroatoms. The highest BCUT2D eigenvalue weighted by Gasteiger charge is 2.31. The van der Waals surface area contributed by atoms with Crippen molar-refractivity contribution >= 4 is 11.6 Å². The number of amides is 1. The quantitative estimate of drug-likeness (QED) is 0.652. The fourth-order valence-corrected chi connectivity index (χ4v) is 2.42. The molecular weight excluding hydrogens is 246 g/mol. The average molecular weight is 263 g/mol. The third kappa shape index (κ3) is 2.73. The molecule has 6 nitrogen and oxygen atoms in total. The summed E-state index contributed by atoms with van der Waals surface area (Å²) in [4.78, 5) is 24.3. The fourth-order valence-electron chi connectivity index (χ4n) is 2.42. The maximum Gasteiger partial charge on any atom is 0.273 e. The molecule has 2 rings (SSSR count). The van der Waals surface area contributed by atoms with Gasteiger partial charge >= 0.3 is 0 Å². The highest BCUT2D eigenvalue weighted by atomic mass is 16.6. The molecule has 0 aromatic heterocycles. The molecule has 0 bridgehead atoms. The molecule has 1 heterocycles. The Balaban J connectivity index is 2.14. The molecule has 1 aliphatic heterocycles. The van der Waals surface area contributed by atoms with Crippen molar-refractivity contribution in [1.29, 1.82) is 0 Å². The standard InChI is InChI=1S/C13H17N3O3/c1-9-11(14)6-7-15(9)13(17)8-10-4-2-3-5-12(10)16(18)19/h2-5,9,11H,6-8,14H2,1H3. The summed E-state index contributed by atoms with van der Waals surface area (Å²) < 4.78 is 0. The number of nitrogens with two attached hydrogens (primary N) is 1. The van der Waals surface area contributed by atoms with Gasteiger partial charge in [-0.15, -0.1) is 0 Å². The summed E-state index contributed by atoms with van der Waals surface area (Å²) in [5.74, 6) is -0.102. The highest BCUT2D eigenvalue weighted by Crippen LogP contribution is 2.21. The predicted octanol–water partition coefficient (Wildman–Crippen LogP) is 1.09. The molecular formula is C13H17N3O3. The Hall–Kier alpha value is -1.95. The number of para-hydroxylation sites is 1. The first-order chi connectivity index (χ1) is 9.00. The summed E-state index contributed by atoms with van der Waals surface area (Å²) in [6.45, 7) is 2.54. The van der Waals surface area contributed by atoms with E-state index in [9.17, 15) is 14.9 Å². The van der Waals surface area contributed by atoms with Crippen molar-refractivity contribution in [3.8, 4) is 0 Å². The number of hydrogen-bond acceptors (Lipinski definition) is 4. The van der Waals surface area contributed by atoms with E-state index in [1.165, 1.54) is 6.07 Å². The summed E-state index contributed by atoms with van der Waals surface area (Å²) >= 11 is 0. The summed E-state index contributed by atoms with van der Waals surface area (Å²) in [5.41, 5.74) is 6.32. The lowest BCUT2D eigenvalue weighted by Crippen LogP contribution is -2.41. The molecule has 102 valence electrons. The molecule has 0 spiro atoms. The van der Waals surface area contributed by atoms with Crippen LogP contribution in [0.5, 0.6) is 0 Å². The van der Waals surface area contributed by atoms with Gasteiger partial charge in [-0.2, -0.15) is 0 Å². The van der Waals surface area contributed by atoms with Gasteiger partial charge in [0.25, 0.3) is 5.69 Å². The van der Waals surface area contributed by atoms with Gasteiger partial charge in [-0.25, -0.2) is 0 Å². The smallest absolute Gasteiger partial charge is 0.273 e. The van der Waals surface area contributed by atoms with Gasteiger partial charge in [0.15, 0.2) is 0 Å². The molecule has 19 heavy (non-hydrogen) atoms. The molecule has 0 saturated carbocycles. The molecule has 1 aliphatic rings. The number of likely N-dealkylation sites (tertiary alicyclic amines) is 1. The molecule has 2 N–H and O–H groups in total. The Morgan fingerprint density at radius 1 is 1.53 bits per heavy atom. The van der Waals surface area contributed by atoms with Crippen LogP contribution in [0.3, 0.4) is 0 Å². The van der Waals surface area contributed by atoms with Gasteiger partial charge in [-0.3, -0.25) is 14.9 Å². The fraction of sp³-hybridized carbons (Fsp3) is 0.462. The van der Waals surface area contributed by atoms with Gasteiger partial charge in [0.1, 0.15) is 0 Å². The lowest BCUT2D eigenvalue weighted by Gasteiger charge is -2.23. The van der Waals surface area contributed by atoms with Crippen LogP contribution in [0.25, 0.3) is 0 Å². The molecule has 1 fully saturated rings. The monoisotopic (exact) mass is 263 g/mol. The van der Waals surface area contributed by atoms with Crippen LogP contribution in [0.4, 0.5) is 5.69 Å². The zero-order chi connectivity index (χ0) is 14.0. The molecule has 1 saturated heterocycles. The first-order valence-electron chi connectivity index (χ1n) is 6.28. The maximum absolute atomic E-state index is 12.2. The lowest BCUT2D eigenvalue weighted by molar-refractivity contribution is -0.385. The van der Waals surface area contributed by atoms with Crippen LogP contribution in [0.1, 0.15) is 18.9 Å². The van der Waals surface area contributed by atoms with Crippen LogP contribution in [-0.2, 0) is 11.2 Å². The largest absolute Gasteiger partial charge is 0.338 e. The third-order valence-electron chi connectivity index (χ3n) is 3.66. The summed E-state index contributed by atoms with van der Waals surface area (Å²) in [6.07, 6.45) is 0.831. The summed E-state index contributed by atoms with van der Waals surface area (Å²) in [6, 6.07) is 6.33. The minimum absolute atomic E-state index is 0.00438. The maximum atomic E-state index is 12.2. The number of nitrogens with zero attached hydrogens (tertiary/aromatic N) is 2. The van der Waals surface area contributed by atoms with Crippen molar-refractivity contribution in [1.82, 2.24) is 4.90 Å². The Morgan fingerprint density at radius 2 is 2.21 bits per heavy atom. The van der Waals surface area contributed by atoms with E-state index < -0.39 is 4.92 Å². The van der Waals surface area contributed by atoms with Crippen molar-refractivity contribution in [2.45, 2.75) is 31.8 Å². The van der Waals surface area contributed by atoms with Gasteiger partial charge < -0.3 is 10.6 Å². The van der Waals surface area contributed by atoms with Crippen molar-refractivity contribution in [2.75, 3.05) is 6.54 Å². The number of nitro benzene ring substituents is 1. The third-order valence-corrected chi connectivity index (χ3v) is 3.66. The van der Waals surface area contributed by atoms with E-state index in [1.54, 1.807) is 23.1 Å². The van der Waals surface area contributed by atoms with Crippen LogP contribution < -0.4 is 5.73 Å². The minimum atomic E-state index is -0.457. The van der Waals surface area contributed by atoms with E-state index in [0.717, 1.165) is 6.42 Å². The molecule has 1 amide bonds. The van der Waals surface area contributed by atoms with Gasteiger partial charge in [0.05, 0.1) is 11.3 Å². The Morgan fingerprint density at radius 3 is 2.79 bits per heavy atom. The van der Waals surface area contributed by atoms with Crippen molar-refractivity contribution in [3.63, 3.8) is 0 Å². The first-order valence-corrected chi connectivity index (χ1v) is 6.28. The van der Waals surface area contributed by atoms with Crippen LogP contribution in [0.15, 0.2) is 24.3 Å². The number of rotatable bonds is 3. The Labute approximate surface area is 111 Å². The highest BCUT2D eigenvalue weighted by molar-refractivity contribution is 5.80. The minimum Gasteiger partial charge on any atom is -0.338 e. The van der Waals surface area contributed by atoms with Crippen molar-refractivity contribution in [3.05, 3.63) is 39.9 Å². The second-order valence-corrected chi connectivity index (χ2v) is 4.84. The summed E-state index contributed by atoms with van der Waals surface area (Å²) in [7, 11) is 0. The number of nitro groups is 1. The van der Waals surface area contributed by atoms with Gasteiger partial charge in [-0.1, -0.05) is 18.2 Å². The van der Waals surface area contributed by atoms with Gasteiger partial charge in [0.2, 0.25) is 5.91 Å². The van der Waals surface area contributed by atoms with Crippen LogP contribution >= 0.6 is 0 Å². The molecule has 2 unspecified atom stereocenters. The molecule has 0 aliphatic carbocycles. The zero-order valence-corrected chi connectivity index (χ0v) is 10.8. The number of benzene rings is 1. The SMILES string of the molecule is CC1C(N)CCN1C(=O)Cc1ccccc1[N+](=O)[O-]. The first kappa shape index (κ1) is 13.5. The van der Waals surface area contributed by atoms with Gasteiger partial charge in [-0.05, 0) is 13.3 Å². The average Bonchev–Trinajstić information content (AvgIpc) is 2.70. The van der Waals surface area contributed by atoms with E-state index in [1.807, 2.05) is 6.92 Å². The van der Waals surface area contributed by atoms with Crippen molar-refractivity contribution in [2.24, 2.45) is 5.73 Å². The Bertz CT molecular complexity index is 504. The number of carbonyl (C=O) groups excluding carboxylic acids is 1. The van der Waals surface area contributed by atoms with Crippen LogP contribution in [-0.4, -0.2) is 34.4 Å². The molecule has 1 aromatic carbocycles. The second kappa shape index (κ2) is 5.36.